The summed E-state index contributed by atoms with van der Waals surface area (Å²) in [4.78, 5) is 19.4. The number of carbonyl (C=O) groups excluding carboxylic acids is 1. The van der Waals surface area contributed by atoms with E-state index in [1.165, 1.54) is 18.4 Å². The van der Waals surface area contributed by atoms with Crippen molar-refractivity contribution in [3.05, 3.63) is 29.8 Å². The van der Waals surface area contributed by atoms with E-state index in [9.17, 15) is 4.79 Å². The molecule has 1 amide bonds. The Kier molecular flexibility index (Phi) is 11.2. The molecule has 1 aromatic rings. The summed E-state index contributed by atoms with van der Waals surface area (Å²) in [7, 11) is 3.70. The minimum absolute atomic E-state index is 0. The van der Waals surface area contributed by atoms with Gasteiger partial charge in [0.1, 0.15) is 5.75 Å². The van der Waals surface area contributed by atoms with E-state index >= 15 is 0 Å². The average molecular weight is 433 g/mol. The molecule has 1 atom stereocenters. The number of hydrogen-bond acceptors (Lipinski definition) is 5. The van der Waals surface area contributed by atoms with Crippen LogP contribution in [0, 0.1) is 0 Å². The highest BCUT2D eigenvalue weighted by molar-refractivity contribution is 5.85. The van der Waals surface area contributed by atoms with Gasteiger partial charge in [-0.1, -0.05) is 12.1 Å². The Labute approximate surface area is 181 Å². The molecule has 8 heteroatoms. The topological polar surface area (TPSA) is 48.1 Å². The number of halogens is 2. The van der Waals surface area contributed by atoms with Gasteiger partial charge in [0, 0.05) is 45.3 Å². The van der Waals surface area contributed by atoms with Crippen LogP contribution in [-0.4, -0.2) is 86.6 Å². The van der Waals surface area contributed by atoms with Crippen molar-refractivity contribution in [3.8, 4) is 5.75 Å². The minimum Gasteiger partial charge on any atom is -0.497 e. The van der Waals surface area contributed by atoms with Crippen LogP contribution in [0.4, 0.5) is 0 Å². The highest BCUT2D eigenvalue weighted by Gasteiger charge is 2.25. The molecule has 1 unspecified atom stereocenters. The first-order valence-electron chi connectivity index (χ1n) is 9.70. The van der Waals surface area contributed by atoms with Crippen molar-refractivity contribution in [1.29, 1.82) is 0 Å². The van der Waals surface area contributed by atoms with Crippen molar-refractivity contribution in [2.45, 2.75) is 25.4 Å². The summed E-state index contributed by atoms with van der Waals surface area (Å²) in [5, 5.41) is 3.34. The molecule has 0 radical (unpaired) electrons. The third-order valence-corrected chi connectivity index (χ3v) is 5.56. The number of benzene rings is 1. The van der Waals surface area contributed by atoms with Gasteiger partial charge in [0.25, 0.3) is 0 Å². The third-order valence-electron chi connectivity index (χ3n) is 5.56. The fraction of sp³-hybridized carbons (Fsp3) is 0.650. The summed E-state index contributed by atoms with van der Waals surface area (Å²) in [6.45, 7) is 7.07. The first-order valence-corrected chi connectivity index (χ1v) is 9.70. The first-order chi connectivity index (χ1) is 12.7. The van der Waals surface area contributed by atoms with Gasteiger partial charge in [-0.25, -0.2) is 0 Å². The van der Waals surface area contributed by atoms with E-state index in [1.807, 2.05) is 24.1 Å². The molecule has 1 aromatic carbocycles. The second-order valence-corrected chi connectivity index (χ2v) is 7.37. The Balaban J connectivity index is 0.00000196. The number of hydrogen-bond donors (Lipinski definition) is 1. The molecule has 0 bridgehead atoms. The molecule has 2 heterocycles. The fourth-order valence-corrected chi connectivity index (χ4v) is 3.87. The minimum atomic E-state index is 0. The number of piperazine rings is 1. The maximum atomic E-state index is 12.6. The van der Waals surface area contributed by atoms with E-state index in [0.717, 1.165) is 51.6 Å². The second kappa shape index (κ2) is 12.5. The SMILES string of the molecule is CNC1CCCN(CC(=O)N2CCN(Cc3ccc(OC)cc3)CC2)C1.Cl.Cl. The van der Waals surface area contributed by atoms with Crippen molar-refractivity contribution in [1.82, 2.24) is 20.0 Å². The standard InChI is InChI=1S/C20H32N4O2.2ClH/c1-21-18-4-3-9-23(15-18)16-20(25)24-12-10-22(11-13-24)14-17-5-7-19(26-2)8-6-17;;/h5-8,18,21H,3-4,9-16H2,1-2H3;2*1H. The van der Waals surface area contributed by atoms with Crippen LogP contribution in [0.25, 0.3) is 0 Å². The van der Waals surface area contributed by atoms with Crippen LogP contribution >= 0.6 is 24.8 Å². The first kappa shape index (κ1) is 25.0. The molecule has 0 spiro atoms. The van der Waals surface area contributed by atoms with Crippen LogP contribution in [0.3, 0.4) is 0 Å². The number of nitrogens with one attached hydrogen (secondary N) is 1. The molecule has 0 aromatic heterocycles. The molecule has 160 valence electrons. The number of nitrogens with zero attached hydrogens (tertiary/aromatic N) is 3. The number of methoxy groups -OCH3 is 1. The summed E-state index contributed by atoms with van der Waals surface area (Å²) in [6, 6.07) is 8.77. The van der Waals surface area contributed by atoms with Gasteiger partial charge in [-0.3, -0.25) is 14.6 Å². The summed E-state index contributed by atoms with van der Waals surface area (Å²) in [5.41, 5.74) is 1.29. The third kappa shape index (κ3) is 7.08. The Morgan fingerprint density at radius 3 is 2.36 bits per heavy atom. The number of piperidine rings is 1. The Morgan fingerprint density at radius 2 is 1.75 bits per heavy atom. The highest BCUT2D eigenvalue weighted by Crippen LogP contribution is 2.15. The van der Waals surface area contributed by atoms with Crippen molar-refractivity contribution < 1.29 is 9.53 Å². The van der Waals surface area contributed by atoms with Crippen molar-refractivity contribution in [3.63, 3.8) is 0 Å². The van der Waals surface area contributed by atoms with E-state index < -0.39 is 0 Å². The summed E-state index contributed by atoms with van der Waals surface area (Å²) < 4.78 is 5.21. The van der Waals surface area contributed by atoms with Gasteiger partial charge in [0.2, 0.25) is 5.91 Å². The lowest BCUT2D eigenvalue weighted by Crippen LogP contribution is -2.53. The van der Waals surface area contributed by atoms with E-state index in [2.05, 4.69) is 27.2 Å². The Hall–Kier alpha value is -1.05. The quantitative estimate of drug-likeness (QED) is 0.743. The molecule has 1 N–H and O–H groups in total. The largest absolute Gasteiger partial charge is 0.497 e. The molecule has 2 aliphatic heterocycles. The monoisotopic (exact) mass is 432 g/mol. The maximum absolute atomic E-state index is 12.6. The number of amides is 1. The summed E-state index contributed by atoms with van der Waals surface area (Å²) >= 11 is 0. The smallest absolute Gasteiger partial charge is 0.236 e. The van der Waals surface area contributed by atoms with Gasteiger partial charge in [0.15, 0.2) is 0 Å². The second-order valence-electron chi connectivity index (χ2n) is 7.37. The number of likely N-dealkylation sites (tertiary alicyclic amines) is 1. The van der Waals surface area contributed by atoms with Crippen LogP contribution in [0.2, 0.25) is 0 Å². The van der Waals surface area contributed by atoms with Gasteiger partial charge in [-0.15, -0.1) is 24.8 Å². The molecule has 2 aliphatic rings. The average Bonchev–Trinajstić information content (AvgIpc) is 2.69. The zero-order chi connectivity index (χ0) is 18.4. The Bertz CT molecular complexity index is 580. The van der Waals surface area contributed by atoms with Gasteiger partial charge in [-0.2, -0.15) is 0 Å². The van der Waals surface area contributed by atoms with Crippen LogP contribution < -0.4 is 10.1 Å². The lowest BCUT2D eigenvalue weighted by Gasteiger charge is -2.37. The van der Waals surface area contributed by atoms with Gasteiger partial charge in [0.05, 0.1) is 13.7 Å². The molecule has 3 rings (SSSR count). The molecule has 2 fully saturated rings. The lowest BCUT2D eigenvalue weighted by atomic mass is 10.1. The molecule has 0 saturated carbocycles. The number of rotatable bonds is 6. The zero-order valence-corrected chi connectivity index (χ0v) is 18.6. The fourth-order valence-electron chi connectivity index (χ4n) is 3.87. The van der Waals surface area contributed by atoms with Crippen LogP contribution in [0.15, 0.2) is 24.3 Å². The van der Waals surface area contributed by atoms with E-state index in [4.69, 9.17) is 4.74 Å². The molecular weight excluding hydrogens is 399 g/mol. The Morgan fingerprint density at radius 1 is 1.07 bits per heavy atom. The van der Waals surface area contributed by atoms with Crippen LogP contribution in [0.5, 0.6) is 5.75 Å². The molecule has 2 saturated heterocycles. The van der Waals surface area contributed by atoms with Gasteiger partial charge < -0.3 is 15.0 Å². The normalized spacial score (nSPS) is 20.8. The molecule has 0 aliphatic carbocycles. The van der Waals surface area contributed by atoms with Crippen LogP contribution in [-0.2, 0) is 11.3 Å². The molecular formula is C20H34Cl2N4O2. The number of likely N-dealkylation sites (N-methyl/N-ethyl adjacent to an activating group) is 1. The van der Waals surface area contributed by atoms with Crippen molar-refractivity contribution in [2.24, 2.45) is 0 Å². The molecule has 6 nitrogen and oxygen atoms in total. The van der Waals surface area contributed by atoms with Crippen LogP contribution in [0.1, 0.15) is 18.4 Å². The maximum Gasteiger partial charge on any atom is 0.236 e. The number of ether oxygens (including phenoxy) is 1. The zero-order valence-electron chi connectivity index (χ0n) is 16.9. The van der Waals surface area contributed by atoms with Gasteiger partial charge in [-0.05, 0) is 44.1 Å². The lowest BCUT2D eigenvalue weighted by molar-refractivity contribution is -0.134. The predicted molar refractivity (Wildman–Crippen MR) is 118 cm³/mol. The van der Waals surface area contributed by atoms with E-state index in [0.29, 0.717) is 12.6 Å². The summed E-state index contributed by atoms with van der Waals surface area (Å²) in [5.74, 6) is 1.17. The van der Waals surface area contributed by atoms with Crippen molar-refractivity contribution in [2.75, 3.05) is 60.0 Å². The highest BCUT2D eigenvalue weighted by atomic mass is 35.5. The van der Waals surface area contributed by atoms with E-state index in [1.54, 1.807) is 7.11 Å². The molecule has 28 heavy (non-hydrogen) atoms. The predicted octanol–water partition coefficient (Wildman–Crippen LogP) is 1.87. The number of carbonyl (C=O) groups is 1. The summed E-state index contributed by atoms with van der Waals surface area (Å²) in [6.07, 6.45) is 2.39. The van der Waals surface area contributed by atoms with Gasteiger partial charge >= 0.3 is 0 Å². The van der Waals surface area contributed by atoms with E-state index in [-0.39, 0.29) is 30.7 Å². The van der Waals surface area contributed by atoms with Crippen molar-refractivity contribution >= 4 is 30.7 Å².